The summed E-state index contributed by atoms with van der Waals surface area (Å²) in [4.78, 5) is 27.3. The molecule has 6 nitrogen and oxygen atoms in total. The Labute approximate surface area is 115 Å². The quantitative estimate of drug-likeness (QED) is 0.572. The summed E-state index contributed by atoms with van der Waals surface area (Å²) in [7, 11) is 0. The second kappa shape index (κ2) is 5.83. The molecule has 0 aliphatic heterocycles. The maximum atomic E-state index is 11.7. The molecule has 0 saturated carbocycles. The molecule has 1 heterocycles. The van der Waals surface area contributed by atoms with Crippen LogP contribution in [0, 0.1) is 6.92 Å². The summed E-state index contributed by atoms with van der Waals surface area (Å²) >= 11 is 0. The van der Waals surface area contributed by atoms with E-state index in [2.05, 4.69) is 15.6 Å². The van der Waals surface area contributed by atoms with Crippen LogP contribution in [0.25, 0.3) is 0 Å². The fraction of sp³-hybridized carbons (Fsp3) is 0.0714. The lowest BCUT2D eigenvalue weighted by atomic mass is 10.3. The van der Waals surface area contributed by atoms with Crippen LogP contribution in [0.2, 0.25) is 0 Å². The lowest BCUT2D eigenvalue weighted by Crippen LogP contribution is -2.29. The van der Waals surface area contributed by atoms with E-state index in [1.165, 1.54) is 24.3 Å². The highest BCUT2D eigenvalue weighted by Gasteiger charge is 2.14. The van der Waals surface area contributed by atoms with Crippen LogP contribution in [0.5, 0.6) is 5.75 Å². The van der Waals surface area contributed by atoms with Gasteiger partial charge in [-0.25, -0.2) is 4.98 Å². The smallest absolute Gasteiger partial charge is 0.315 e. The van der Waals surface area contributed by atoms with Gasteiger partial charge >= 0.3 is 11.8 Å². The Balaban J connectivity index is 1.98. The highest BCUT2D eigenvalue weighted by atomic mass is 16.3. The van der Waals surface area contributed by atoms with E-state index in [-0.39, 0.29) is 5.75 Å². The summed E-state index contributed by atoms with van der Waals surface area (Å²) in [5.41, 5.74) is 1.34. The van der Waals surface area contributed by atoms with E-state index in [9.17, 15) is 9.59 Å². The van der Waals surface area contributed by atoms with Gasteiger partial charge in [0.1, 0.15) is 11.6 Å². The van der Waals surface area contributed by atoms with Gasteiger partial charge in [-0.1, -0.05) is 0 Å². The van der Waals surface area contributed by atoms with Gasteiger partial charge < -0.3 is 15.7 Å². The molecular formula is C14H13N3O3. The third-order valence-electron chi connectivity index (χ3n) is 2.49. The Morgan fingerprint density at radius 3 is 2.35 bits per heavy atom. The number of aromatic nitrogens is 1. The van der Waals surface area contributed by atoms with Crippen molar-refractivity contribution in [3.05, 3.63) is 48.2 Å². The third-order valence-corrected chi connectivity index (χ3v) is 2.49. The van der Waals surface area contributed by atoms with Gasteiger partial charge in [-0.15, -0.1) is 0 Å². The SMILES string of the molecule is Cc1ccnc(NC(=O)C(=O)Nc2ccc(O)cc2)c1. The Morgan fingerprint density at radius 1 is 1.05 bits per heavy atom. The number of carbonyl (C=O) groups excluding carboxylic acids is 2. The van der Waals surface area contributed by atoms with E-state index in [0.29, 0.717) is 11.5 Å². The summed E-state index contributed by atoms with van der Waals surface area (Å²) in [6, 6.07) is 9.25. The average Bonchev–Trinajstić information content (AvgIpc) is 2.41. The Morgan fingerprint density at radius 2 is 1.70 bits per heavy atom. The zero-order chi connectivity index (χ0) is 14.5. The number of benzene rings is 1. The van der Waals surface area contributed by atoms with E-state index in [0.717, 1.165) is 5.56 Å². The van der Waals surface area contributed by atoms with E-state index in [4.69, 9.17) is 5.11 Å². The van der Waals surface area contributed by atoms with Gasteiger partial charge in [-0.3, -0.25) is 9.59 Å². The van der Waals surface area contributed by atoms with Crippen molar-refractivity contribution in [2.45, 2.75) is 6.92 Å². The molecule has 0 atom stereocenters. The lowest BCUT2D eigenvalue weighted by molar-refractivity contribution is -0.133. The first-order valence-electron chi connectivity index (χ1n) is 5.88. The minimum Gasteiger partial charge on any atom is -0.508 e. The topological polar surface area (TPSA) is 91.3 Å². The van der Waals surface area contributed by atoms with Crippen molar-refractivity contribution in [1.29, 1.82) is 0 Å². The van der Waals surface area contributed by atoms with Crippen LogP contribution in [-0.2, 0) is 9.59 Å². The van der Waals surface area contributed by atoms with Gasteiger partial charge in [0.2, 0.25) is 0 Å². The Kier molecular flexibility index (Phi) is 3.95. The summed E-state index contributed by atoms with van der Waals surface area (Å²) < 4.78 is 0. The highest BCUT2D eigenvalue weighted by Crippen LogP contribution is 2.13. The molecular weight excluding hydrogens is 258 g/mol. The van der Waals surface area contributed by atoms with Gasteiger partial charge in [0.15, 0.2) is 0 Å². The highest BCUT2D eigenvalue weighted by molar-refractivity contribution is 6.43. The first-order valence-corrected chi connectivity index (χ1v) is 5.88. The molecule has 2 rings (SSSR count). The van der Waals surface area contributed by atoms with E-state index < -0.39 is 11.8 Å². The largest absolute Gasteiger partial charge is 0.508 e. The van der Waals surface area contributed by atoms with Crippen LogP contribution in [0.1, 0.15) is 5.56 Å². The van der Waals surface area contributed by atoms with Crippen molar-refractivity contribution in [2.24, 2.45) is 0 Å². The van der Waals surface area contributed by atoms with E-state index in [1.54, 1.807) is 18.3 Å². The molecule has 0 saturated heterocycles. The van der Waals surface area contributed by atoms with Crippen LogP contribution in [0.3, 0.4) is 0 Å². The monoisotopic (exact) mass is 271 g/mol. The number of aromatic hydroxyl groups is 1. The number of phenolic OH excluding ortho intramolecular Hbond substituents is 1. The molecule has 1 aromatic carbocycles. The molecule has 0 unspecified atom stereocenters. The molecule has 2 amide bonds. The number of nitrogens with zero attached hydrogens (tertiary/aromatic N) is 1. The lowest BCUT2D eigenvalue weighted by Gasteiger charge is -2.06. The molecule has 0 radical (unpaired) electrons. The molecule has 102 valence electrons. The standard InChI is InChI=1S/C14H13N3O3/c1-9-6-7-15-12(8-9)17-14(20)13(19)16-10-2-4-11(18)5-3-10/h2-8,18H,1H3,(H,16,19)(H,15,17,20). The normalized spacial score (nSPS) is 9.85. The van der Waals surface area contributed by atoms with E-state index >= 15 is 0 Å². The van der Waals surface area contributed by atoms with Gasteiger partial charge in [0.05, 0.1) is 0 Å². The molecule has 0 aliphatic carbocycles. The number of nitrogens with one attached hydrogen (secondary N) is 2. The summed E-state index contributed by atoms with van der Waals surface area (Å²) in [5.74, 6) is -1.22. The summed E-state index contributed by atoms with van der Waals surface area (Å²) in [5, 5.41) is 13.9. The van der Waals surface area contributed by atoms with Crippen LogP contribution < -0.4 is 10.6 Å². The molecule has 0 fully saturated rings. The second-order valence-corrected chi connectivity index (χ2v) is 4.17. The van der Waals surface area contributed by atoms with Crippen LogP contribution >= 0.6 is 0 Å². The van der Waals surface area contributed by atoms with Gasteiger partial charge in [-0.05, 0) is 48.9 Å². The first-order chi connectivity index (χ1) is 9.54. The maximum Gasteiger partial charge on any atom is 0.315 e. The van der Waals surface area contributed by atoms with Crippen LogP contribution in [0.4, 0.5) is 11.5 Å². The molecule has 1 aromatic heterocycles. The number of pyridine rings is 1. The fourth-order valence-corrected chi connectivity index (χ4v) is 1.51. The first kappa shape index (κ1) is 13.5. The predicted octanol–water partition coefficient (Wildman–Crippen LogP) is 1.67. The minimum atomic E-state index is -0.809. The molecule has 0 bridgehead atoms. The van der Waals surface area contributed by atoms with E-state index in [1.807, 2.05) is 6.92 Å². The van der Waals surface area contributed by atoms with Gasteiger partial charge in [0.25, 0.3) is 0 Å². The van der Waals surface area contributed by atoms with Crippen LogP contribution in [-0.4, -0.2) is 21.9 Å². The van der Waals surface area contributed by atoms with Crippen molar-refractivity contribution >= 4 is 23.3 Å². The second-order valence-electron chi connectivity index (χ2n) is 4.17. The number of aryl methyl sites for hydroxylation is 1. The van der Waals surface area contributed by atoms with Crippen molar-refractivity contribution in [3.8, 4) is 5.75 Å². The third kappa shape index (κ3) is 3.55. The zero-order valence-electron chi connectivity index (χ0n) is 10.8. The Bertz CT molecular complexity index is 638. The number of hydrogen-bond acceptors (Lipinski definition) is 4. The molecule has 6 heteroatoms. The average molecular weight is 271 g/mol. The van der Waals surface area contributed by atoms with Crippen molar-refractivity contribution in [1.82, 2.24) is 4.98 Å². The summed E-state index contributed by atoms with van der Waals surface area (Å²) in [6.07, 6.45) is 1.54. The number of anilines is 2. The zero-order valence-corrected chi connectivity index (χ0v) is 10.8. The Hall–Kier alpha value is -2.89. The van der Waals surface area contributed by atoms with Gasteiger partial charge in [0, 0.05) is 11.9 Å². The number of carbonyl (C=O) groups is 2. The number of amides is 2. The van der Waals surface area contributed by atoms with Crippen molar-refractivity contribution in [3.63, 3.8) is 0 Å². The maximum absolute atomic E-state index is 11.7. The summed E-state index contributed by atoms with van der Waals surface area (Å²) in [6.45, 7) is 1.86. The number of rotatable bonds is 2. The predicted molar refractivity (Wildman–Crippen MR) is 74.3 cm³/mol. The fourth-order valence-electron chi connectivity index (χ4n) is 1.51. The molecule has 0 spiro atoms. The molecule has 0 aliphatic rings. The van der Waals surface area contributed by atoms with Gasteiger partial charge in [-0.2, -0.15) is 0 Å². The molecule has 3 N–H and O–H groups in total. The number of hydrogen-bond donors (Lipinski definition) is 3. The van der Waals surface area contributed by atoms with Crippen molar-refractivity contribution in [2.75, 3.05) is 10.6 Å². The molecule has 2 aromatic rings. The van der Waals surface area contributed by atoms with Crippen molar-refractivity contribution < 1.29 is 14.7 Å². The number of phenols is 1. The molecule has 20 heavy (non-hydrogen) atoms. The van der Waals surface area contributed by atoms with Crippen LogP contribution in [0.15, 0.2) is 42.6 Å². The minimum absolute atomic E-state index is 0.0800.